The lowest BCUT2D eigenvalue weighted by atomic mass is 10.1. The van der Waals surface area contributed by atoms with Crippen molar-refractivity contribution in [1.82, 2.24) is 4.90 Å². The van der Waals surface area contributed by atoms with Crippen LogP contribution in [0.25, 0.3) is 0 Å². The number of halogens is 1. The summed E-state index contributed by atoms with van der Waals surface area (Å²) in [6, 6.07) is 13.0. The van der Waals surface area contributed by atoms with Gasteiger partial charge in [-0.05, 0) is 31.5 Å². The third kappa shape index (κ3) is 3.60. The minimum Gasteiger partial charge on any atom is -0.507 e. The Hall–Kier alpha value is -2.36. The summed E-state index contributed by atoms with van der Waals surface area (Å²) >= 11 is 0. The van der Waals surface area contributed by atoms with Crippen LogP contribution in [0.15, 0.2) is 48.5 Å². The molecule has 0 unspecified atom stereocenters. The van der Waals surface area contributed by atoms with E-state index in [2.05, 4.69) is 0 Å². The lowest BCUT2D eigenvalue weighted by molar-refractivity contribution is 0.0687. The molecule has 0 spiro atoms. The number of phenolic OH excluding ortho intramolecular Hbond substituents is 1. The molecule has 1 N–H and O–H groups in total. The highest BCUT2D eigenvalue weighted by Crippen LogP contribution is 2.22. The summed E-state index contributed by atoms with van der Waals surface area (Å²) in [5, 5.41) is 9.77. The molecule has 0 aliphatic carbocycles. The largest absolute Gasteiger partial charge is 0.507 e. The van der Waals surface area contributed by atoms with Gasteiger partial charge in [0.25, 0.3) is 5.91 Å². The molecule has 2 aromatic rings. The highest BCUT2D eigenvalue weighted by atomic mass is 19.1. The molecule has 1 amide bonds. The molecule has 21 heavy (non-hydrogen) atoms. The Labute approximate surface area is 123 Å². The van der Waals surface area contributed by atoms with Crippen molar-refractivity contribution in [3.05, 3.63) is 65.5 Å². The first-order chi connectivity index (χ1) is 9.99. The topological polar surface area (TPSA) is 40.5 Å². The fourth-order valence-electron chi connectivity index (χ4n) is 2.11. The molecule has 4 heteroatoms. The maximum Gasteiger partial charge on any atom is 0.258 e. The van der Waals surface area contributed by atoms with E-state index >= 15 is 0 Å². The van der Waals surface area contributed by atoms with Crippen LogP contribution in [0.5, 0.6) is 5.75 Å². The Bertz CT molecular complexity index is 626. The first kappa shape index (κ1) is 15.0. The number of phenols is 1. The monoisotopic (exact) mass is 287 g/mol. The van der Waals surface area contributed by atoms with Crippen LogP contribution < -0.4 is 0 Å². The summed E-state index contributed by atoms with van der Waals surface area (Å²) in [5.41, 5.74) is 1.11. The van der Waals surface area contributed by atoms with Crippen molar-refractivity contribution < 1.29 is 14.3 Å². The van der Waals surface area contributed by atoms with E-state index in [1.54, 1.807) is 4.90 Å². The predicted molar refractivity (Wildman–Crippen MR) is 79.5 cm³/mol. The molecule has 0 atom stereocenters. The average molecular weight is 287 g/mol. The summed E-state index contributed by atoms with van der Waals surface area (Å²) in [5.74, 6) is -1.21. The number of aromatic hydroxyl groups is 1. The van der Waals surface area contributed by atoms with Gasteiger partial charge in [-0.1, -0.05) is 30.3 Å². The molecule has 0 bridgehead atoms. The molecule has 0 aliphatic rings. The highest BCUT2D eigenvalue weighted by Gasteiger charge is 2.21. The Balaban J connectivity index is 2.27. The molecule has 110 valence electrons. The molecule has 0 aromatic heterocycles. The van der Waals surface area contributed by atoms with E-state index in [0.717, 1.165) is 11.6 Å². The zero-order chi connectivity index (χ0) is 15.4. The SMILES string of the molecule is CC(C)N(Cc1ccccc1)C(=O)c1ccc(F)cc1O. The van der Waals surface area contributed by atoms with Gasteiger partial charge in [-0.2, -0.15) is 0 Å². The Morgan fingerprint density at radius 1 is 1.19 bits per heavy atom. The summed E-state index contributed by atoms with van der Waals surface area (Å²) in [6.07, 6.45) is 0. The molecule has 0 fully saturated rings. The van der Waals surface area contributed by atoms with E-state index in [-0.39, 0.29) is 23.3 Å². The number of hydrogen-bond acceptors (Lipinski definition) is 2. The van der Waals surface area contributed by atoms with Crippen molar-refractivity contribution in [1.29, 1.82) is 0 Å². The first-order valence-electron chi connectivity index (χ1n) is 6.82. The molecule has 2 aromatic carbocycles. The van der Waals surface area contributed by atoms with Gasteiger partial charge in [0.15, 0.2) is 0 Å². The summed E-state index contributed by atoms with van der Waals surface area (Å²) in [7, 11) is 0. The Morgan fingerprint density at radius 3 is 2.43 bits per heavy atom. The number of carbonyl (C=O) groups excluding carboxylic acids is 1. The van der Waals surface area contributed by atoms with E-state index in [0.29, 0.717) is 6.54 Å². The second-order valence-electron chi connectivity index (χ2n) is 5.17. The Kier molecular flexibility index (Phi) is 4.58. The van der Waals surface area contributed by atoms with Crippen LogP contribution in [0.2, 0.25) is 0 Å². The van der Waals surface area contributed by atoms with Crippen LogP contribution in [0, 0.1) is 5.82 Å². The van der Waals surface area contributed by atoms with Crippen LogP contribution in [-0.4, -0.2) is 22.0 Å². The number of nitrogens with zero attached hydrogens (tertiary/aromatic N) is 1. The van der Waals surface area contributed by atoms with Crippen LogP contribution in [0.4, 0.5) is 4.39 Å². The maximum absolute atomic E-state index is 13.0. The number of benzene rings is 2. The average Bonchev–Trinajstić information content (AvgIpc) is 2.45. The second-order valence-corrected chi connectivity index (χ2v) is 5.17. The van der Waals surface area contributed by atoms with Crippen molar-refractivity contribution in [2.45, 2.75) is 26.4 Å². The van der Waals surface area contributed by atoms with Gasteiger partial charge in [-0.25, -0.2) is 4.39 Å². The van der Waals surface area contributed by atoms with Crippen LogP contribution in [0.3, 0.4) is 0 Å². The molecule has 0 saturated carbocycles. The van der Waals surface area contributed by atoms with Gasteiger partial charge in [-0.15, -0.1) is 0 Å². The standard InChI is InChI=1S/C17H18FNO2/c1-12(2)19(11-13-6-4-3-5-7-13)17(21)15-9-8-14(18)10-16(15)20/h3-10,12,20H,11H2,1-2H3. The molecule has 0 radical (unpaired) electrons. The smallest absolute Gasteiger partial charge is 0.258 e. The van der Waals surface area contributed by atoms with Gasteiger partial charge in [0, 0.05) is 18.7 Å². The molecular formula is C17H18FNO2. The van der Waals surface area contributed by atoms with E-state index in [1.807, 2.05) is 44.2 Å². The van der Waals surface area contributed by atoms with Gasteiger partial charge in [0.05, 0.1) is 5.56 Å². The summed E-state index contributed by atoms with van der Waals surface area (Å²) < 4.78 is 13.0. The molecular weight excluding hydrogens is 269 g/mol. The van der Waals surface area contributed by atoms with Crippen LogP contribution in [0.1, 0.15) is 29.8 Å². The zero-order valence-electron chi connectivity index (χ0n) is 12.1. The number of hydrogen-bond donors (Lipinski definition) is 1. The number of rotatable bonds is 4. The normalized spacial score (nSPS) is 10.7. The third-order valence-electron chi connectivity index (χ3n) is 3.27. The van der Waals surface area contributed by atoms with Crippen molar-refractivity contribution in [3.63, 3.8) is 0 Å². The zero-order valence-corrected chi connectivity index (χ0v) is 12.1. The van der Waals surface area contributed by atoms with Crippen molar-refractivity contribution in [3.8, 4) is 5.75 Å². The van der Waals surface area contributed by atoms with E-state index in [4.69, 9.17) is 0 Å². The van der Waals surface area contributed by atoms with Crippen molar-refractivity contribution in [2.75, 3.05) is 0 Å². The van der Waals surface area contributed by atoms with E-state index in [9.17, 15) is 14.3 Å². The fraction of sp³-hybridized carbons (Fsp3) is 0.235. The highest BCUT2D eigenvalue weighted by molar-refractivity contribution is 5.97. The van der Waals surface area contributed by atoms with E-state index < -0.39 is 5.82 Å². The van der Waals surface area contributed by atoms with E-state index in [1.165, 1.54) is 12.1 Å². The van der Waals surface area contributed by atoms with Gasteiger partial charge in [0.1, 0.15) is 11.6 Å². The quantitative estimate of drug-likeness (QED) is 0.933. The van der Waals surface area contributed by atoms with Gasteiger partial charge in [-0.3, -0.25) is 4.79 Å². The fourth-order valence-corrected chi connectivity index (χ4v) is 2.11. The molecule has 0 heterocycles. The lowest BCUT2D eigenvalue weighted by Crippen LogP contribution is -2.36. The summed E-state index contributed by atoms with van der Waals surface area (Å²) in [6.45, 7) is 4.25. The van der Waals surface area contributed by atoms with Crippen molar-refractivity contribution in [2.24, 2.45) is 0 Å². The Morgan fingerprint density at radius 2 is 1.86 bits per heavy atom. The second kappa shape index (κ2) is 6.39. The predicted octanol–water partition coefficient (Wildman–Crippen LogP) is 3.58. The third-order valence-corrected chi connectivity index (χ3v) is 3.27. The molecule has 3 nitrogen and oxygen atoms in total. The minimum atomic E-state index is -0.566. The van der Waals surface area contributed by atoms with Crippen molar-refractivity contribution >= 4 is 5.91 Å². The van der Waals surface area contributed by atoms with Gasteiger partial charge in [0.2, 0.25) is 0 Å². The van der Waals surface area contributed by atoms with Gasteiger partial charge < -0.3 is 10.0 Å². The lowest BCUT2D eigenvalue weighted by Gasteiger charge is -2.27. The molecule has 0 aliphatic heterocycles. The maximum atomic E-state index is 13.0. The van der Waals surface area contributed by atoms with Crippen LogP contribution in [-0.2, 0) is 6.54 Å². The first-order valence-corrected chi connectivity index (χ1v) is 6.82. The number of carbonyl (C=O) groups is 1. The molecule has 2 rings (SSSR count). The summed E-state index contributed by atoms with van der Waals surface area (Å²) in [4.78, 5) is 14.2. The van der Waals surface area contributed by atoms with Crippen LogP contribution >= 0.6 is 0 Å². The van der Waals surface area contributed by atoms with Gasteiger partial charge >= 0.3 is 0 Å². The molecule has 0 saturated heterocycles. The number of amides is 1. The minimum absolute atomic E-state index is 0.0397.